The number of esters is 1. The number of ether oxygens (including phenoxy) is 1. The first-order chi connectivity index (χ1) is 14.2. The van der Waals surface area contributed by atoms with Gasteiger partial charge in [0.2, 0.25) is 10.0 Å². The summed E-state index contributed by atoms with van der Waals surface area (Å²) in [7, 11) is -3.84. The molecule has 6 nitrogen and oxygen atoms in total. The van der Waals surface area contributed by atoms with E-state index >= 15 is 0 Å². The monoisotopic (exact) mass is 489 g/mol. The molecule has 2 atom stereocenters. The van der Waals surface area contributed by atoms with Gasteiger partial charge in [0, 0.05) is 23.9 Å². The molecule has 1 aliphatic heterocycles. The molecule has 0 bridgehead atoms. The van der Waals surface area contributed by atoms with Crippen LogP contribution in [0.4, 0.5) is 0 Å². The van der Waals surface area contributed by atoms with Crippen molar-refractivity contribution in [2.45, 2.75) is 36.3 Å². The molecule has 1 aliphatic carbocycles. The maximum absolute atomic E-state index is 13.3. The summed E-state index contributed by atoms with van der Waals surface area (Å²) in [6, 6.07) is 12.5. The third kappa shape index (κ3) is 3.75. The van der Waals surface area contributed by atoms with E-state index in [0.717, 1.165) is 10.0 Å². The van der Waals surface area contributed by atoms with Crippen LogP contribution in [0.5, 0.6) is 0 Å². The van der Waals surface area contributed by atoms with Gasteiger partial charge in [-0.15, -0.1) is 0 Å². The summed E-state index contributed by atoms with van der Waals surface area (Å²) >= 11 is 3.33. The highest BCUT2D eigenvalue weighted by molar-refractivity contribution is 9.10. The highest BCUT2D eigenvalue weighted by Gasteiger charge is 2.55. The van der Waals surface area contributed by atoms with Crippen molar-refractivity contribution in [2.24, 2.45) is 0 Å². The van der Waals surface area contributed by atoms with Crippen molar-refractivity contribution in [1.82, 2.24) is 4.31 Å². The third-order valence-corrected chi connectivity index (χ3v) is 8.02. The van der Waals surface area contributed by atoms with Gasteiger partial charge in [-0.25, -0.2) is 13.2 Å². The van der Waals surface area contributed by atoms with Crippen molar-refractivity contribution in [2.75, 3.05) is 6.54 Å². The number of sulfonamides is 1. The van der Waals surface area contributed by atoms with Crippen LogP contribution in [0, 0.1) is 6.92 Å². The average Bonchev–Trinajstić information content (AvgIpc) is 3.08. The molecule has 2 aromatic carbocycles. The molecule has 2 aliphatic rings. The molecule has 2 aromatic rings. The zero-order valence-corrected chi connectivity index (χ0v) is 18.6. The van der Waals surface area contributed by atoms with E-state index in [1.807, 2.05) is 6.92 Å². The van der Waals surface area contributed by atoms with Gasteiger partial charge in [-0.3, -0.25) is 4.79 Å². The highest BCUT2D eigenvalue weighted by Crippen LogP contribution is 2.41. The Bertz CT molecular complexity index is 1130. The average molecular weight is 490 g/mol. The summed E-state index contributed by atoms with van der Waals surface area (Å²) in [5.41, 5.74) is 0.135. The van der Waals surface area contributed by atoms with Crippen LogP contribution in [-0.4, -0.2) is 42.7 Å². The Morgan fingerprint density at radius 3 is 2.47 bits per heavy atom. The predicted molar refractivity (Wildman–Crippen MR) is 115 cm³/mol. The lowest BCUT2D eigenvalue weighted by Crippen LogP contribution is -2.51. The number of ketones is 1. The van der Waals surface area contributed by atoms with E-state index < -0.39 is 27.6 Å². The van der Waals surface area contributed by atoms with Crippen LogP contribution in [0.3, 0.4) is 0 Å². The van der Waals surface area contributed by atoms with E-state index in [4.69, 9.17) is 4.74 Å². The van der Waals surface area contributed by atoms with E-state index in [1.165, 1.54) is 10.4 Å². The number of hydrogen-bond acceptors (Lipinski definition) is 5. The number of nitrogens with zero attached hydrogens (tertiary/aromatic N) is 1. The second-order valence-corrected chi connectivity index (χ2v) is 10.4. The van der Waals surface area contributed by atoms with E-state index in [1.54, 1.807) is 54.6 Å². The van der Waals surface area contributed by atoms with Gasteiger partial charge in [-0.05, 0) is 55.5 Å². The summed E-state index contributed by atoms with van der Waals surface area (Å²) < 4.78 is 34.6. The second kappa shape index (κ2) is 7.76. The van der Waals surface area contributed by atoms with Crippen molar-refractivity contribution >= 4 is 37.7 Å². The van der Waals surface area contributed by atoms with Crippen molar-refractivity contribution in [3.05, 3.63) is 76.3 Å². The zero-order valence-electron chi connectivity index (χ0n) is 16.2. The molecule has 30 heavy (non-hydrogen) atoms. The Morgan fingerprint density at radius 1 is 1.13 bits per heavy atom. The van der Waals surface area contributed by atoms with Crippen molar-refractivity contribution in [1.29, 1.82) is 0 Å². The fraction of sp³-hybridized carbons (Fsp3) is 0.273. The molecule has 0 amide bonds. The van der Waals surface area contributed by atoms with Gasteiger partial charge >= 0.3 is 5.97 Å². The summed E-state index contributed by atoms with van der Waals surface area (Å²) in [5.74, 6) is -0.748. The number of carbonyl (C=O) groups excluding carboxylic acids is 2. The van der Waals surface area contributed by atoms with E-state index in [-0.39, 0.29) is 30.1 Å². The van der Waals surface area contributed by atoms with E-state index in [9.17, 15) is 18.0 Å². The number of benzene rings is 2. The Labute approximate surface area is 183 Å². The van der Waals surface area contributed by atoms with Gasteiger partial charge in [0.15, 0.2) is 5.78 Å². The van der Waals surface area contributed by atoms with Crippen LogP contribution < -0.4 is 0 Å². The van der Waals surface area contributed by atoms with Crippen LogP contribution in [0.2, 0.25) is 0 Å². The lowest BCUT2D eigenvalue weighted by Gasteiger charge is -2.36. The van der Waals surface area contributed by atoms with Crippen molar-refractivity contribution in [3.63, 3.8) is 0 Å². The fourth-order valence-electron chi connectivity index (χ4n) is 3.92. The maximum Gasteiger partial charge on any atom is 0.339 e. The van der Waals surface area contributed by atoms with Crippen LogP contribution in [-0.2, 0) is 19.6 Å². The van der Waals surface area contributed by atoms with Gasteiger partial charge in [0.05, 0.1) is 16.5 Å². The molecule has 2 unspecified atom stereocenters. The first-order valence-corrected chi connectivity index (χ1v) is 11.7. The third-order valence-electron chi connectivity index (χ3n) is 5.57. The Kier molecular flexibility index (Phi) is 5.42. The van der Waals surface area contributed by atoms with Gasteiger partial charge in [0.1, 0.15) is 5.60 Å². The number of aryl methyl sites for hydroxylation is 1. The Balaban J connectivity index is 1.67. The minimum Gasteiger partial charge on any atom is -0.449 e. The second-order valence-electron chi connectivity index (χ2n) is 7.55. The van der Waals surface area contributed by atoms with Gasteiger partial charge < -0.3 is 4.74 Å². The molecule has 1 saturated heterocycles. The summed E-state index contributed by atoms with van der Waals surface area (Å²) in [6.07, 6.45) is 3.18. The number of allylic oxidation sites excluding steroid dienone is 1. The highest BCUT2D eigenvalue weighted by atomic mass is 79.9. The van der Waals surface area contributed by atoms with Gasteiger partial charge in [-0.2, -0.15) is 4.31 Å². The molecule has 1 fully saturated rings. The minimum absolute atomic E-state index is 0.0325. The SMILES string of the molecule is Cc1ccc(S(=O)(=O)N2CCC3(OC(=O)c4ccc(Br)cc4)C=CC(=O)CC23)cc1. The Morgan fingerprint density at radius 2 is 1.80 bits per heavy atom. The minimum atomic E-state index is -3.84. The molecular formula is C22H20BrNO5S. The fourth-order valence-corrected chi connectivity index (χ4v) is 5.85. The van der Waals surface area contributed by atoms with E-state index in [0.29, 0.717) is 5.56 Å². The first-order valence-electron chi connectivity index (χ1n) is 9.51. The molecule has 0 radical (unpaired) electrons. The van der Waals surface area contributed by atoms with Gasteiger partial charge in [0.25, 0.3) is 0 Å². The van der Waals surface area contributed by atoms with Crippen LogP contribution >= 0.6 is 15.9 Å². The quantitative estimate of drug-likeness (QED) is 0.612. The molecule has 0 spiro atoms. The largest absolute Gasteiger partial charge is 0.449 e. The summed E-state index contributed by atoms with van der Waals surface area (Å²) in [4.78, 5) is 25.1. The van der Waals surface area contributed by atoms with Gasteiger partial charge in [-0.1, -0.05) is 33.6 Å². The topological polar surface area (TPSA) is 80.8 Å². The lowest BCUT2D eigenvalue weighted by molar-refractivity contribution is -0.117. The summed E-state index contributed by atoms with van der Waals surface area (Å²) in [6.45, 7) is 2.04. The molecule has 0 saturated carbocycles. The predicted octanol–water partition coefficient (Wildman–Crippen LogP) is 3.65. The number of halogens is 1. The standard InChI is InChI=1S/C22H20BrNO5S/c1-15-2-8-19(9-3-15)30(27,28)24-13-12-22(11-10-18(25)14-20(22)24)29-21(26)16-4-6-17(23)7-5-16/h2-11,20H,12-14H2,1H3. The molecule has 4 rings (SSSR count). The molecular weight excluding hydrogens is 470 g/mol. The lowest BCUT2D eigenvalue weighted by atomic mass is 9.85. The zero-order chi connectivity index (χ0) is 21.5. The van der Waals surface area contributed by atoms with Crippen LogP contribution in [0.1, 0.15) is 28.8 Å². The molecule has 0 aromatic heterocycles. The smallest absolute Gasteiger partial charge is 0.339 e. The van der Waals surface area contributed by atoms with Crippen LogP contribution in [0.25, 0.3) is 0 Å². The van der Waals surface area contributed by atoms with E-state index in [2.05, 4.69) is 15.9 Å². The van der Waals surface area contributed by atoms with Crippen molar-refractivity contribution < 1.29 is 22.7 Å². The Hall–Kier alpha value is -2.29. The number of fused-ring (bicyclic) bond motifs is 1. The number of hydrogen-bond donors (Lipinski definition) is 0. The normalized spacial score (nSPS) is 23.9. The number of carbonyl (C=O) groups is 2. The summed E-state index contributed by atoms with van der Waals surface area (Å²) in [5, 5.41) is 0. The molecule has 0 N–H and O–H groups in total. The molecule has 8 heteroatoms. The molecule has 1 heterocycles. The number of rotatable bonds is 4. The molecule has 156 valence electrons. The van der Waals surface area contributed by atoms with Crippen molar-refractivity contribution in [3.8, 4) is 0 Å². The maximum atomic E-state index is 13.3. The first kappa shape index (κ1) is 21.0. The van der Waals surface area contributed by atoms with Crippen LogP contribution in [0.15, 0.2) is 70.1 Å².